The number of nitrogens with one attached hydrogen (secondary N) is 2. The third kappa shape index (κ3) is 5.52. The molecule has 0 saturated heterocycles. The molecule has 0 aromatic carbocycles. The molecule has 0 atom stereocenters. The summed E-state index contributed by atoms with van der Waals surface area (Å²) in [5.74, 6) is -0.888. The molecule has 0 amide bonds. The van der Waals surface area contributed by atoms with Gasteiger partial charge in [-0.1, -0.05) is 0 Å². The standard InChI is InChI=1S/C14H23F3N4O2S2/c1-13(2,3)25(22,23)18-8-9-4-6-10(7-5-9)19-12-20-11(21-24-12)14(15,16)17/h9-10,18H,4-8H2,1-3H3,(H,19,20,21). The maximum atomic E-state index is 12.5. The van der Waals surface area contributed by atoms with Gasteiger partial charge in [0.1, 0.15) is 0 Å². The van der Waals surface area contributed by atoms with E-state index >= 15 is 0 Å². The fourth-order valence-electron chi connectivity index (χ4n) is 2.53. The van der Waals surface area contributed by atoms with Crippen LogP contribution >= 0.6 is 11.5 Å². The molecule has 25 heavy (non-hydrogen) atoms. The molecule has 144 valence electrons. The van der Waals surface area contributed by atoms with E-state index in [0.717, 1.165) is 25.7 Å². The minimum absolute atomic E-state index is 0.0320. The van der Waals surface area contributed by atoms with Crippen molar-refractivity contribution >= 4 is 26.7 Å². The van der Waals surface area contributed by atoms with Gasteiger partial charge < -0.3 is 5.32 Å². The van der Waals surface area contributed by atoms with Crippen LogP contribution in [0.25, 0.3) is 0 Å². The first-order chi connectivity index (χ1) is 11.4. The highest BCUT2D eigenvalue weighted by Crippen LogP contribution is 2.31. The summed E-state index contributed by atoms with van der Waals surface area (Å²) in [5.41, 5.74) is 0. The van der Waals surface area contributed by atoms with E-state index in [-0.39, 0.29) is 17.1 Å². The van der Waals surface area contributed by atoms with Crippen molar-refractivity contribution in [3.05, 3.63) is 5.82 Å². The van der Waals surface area contributed by atoms with E-state index in [1.165, 1.54) is 0 Å². The van der Waals surface area contributed by atoms with Gasteiger partial charge in [0.15, 0.2) is 0 Å². The van der Waals surface area contributed by atoms with Gasteiger partial charge in [0.2, 0.25) is 21.0 Å². The monoisotopic (exact) mass is 400 g/mol. The number of anilines is 1. The molecule has 6 nitrogen and oxygen atoms in total. The molecular formula is C14H23F3N4O2S2. The molecule has 1 aliphatic rings. The van der Waals surface area contributed by atoms with E-state index in [9.17, 15) is 21.6 Å². The van der Waals surface area contributed by atoms with Crippen LogP contribution in [0, 0.1) is 5.92 Å². The van der Waals surface area contributed by atoms with E-state index in [1.807, 2.05) is 0 Å². The van der Waals surface area contributed by atoms with E-state index in [0.29, 0.717) is 18.1 Å². The lowest BCUT2D eigenvalue weighted by atomic mass is 9.86. The first-order valence-electron chi connectivity index (χ1n) is 8.05. The normalized spacial score (nSPS) is 22.8. The fraction of sp³-hybridized carbons (Fsp3) is 0.857. The molecule has 0 radical (unpaired) electrons. The Labute approximate surface area is 149 Å². The zero-order valence-corrected chi connectivity index (χ0v) is 16.0. The molecule has 1 aromatic rings. The molecule has 1 saturated carbocycles. The van der Waals surface area contributed by atoms with Crippen LogP contribution in [0.4, 0.5) is 18.3 Å². The first kappa shape index (κ1) is 20.4. The van der Waals surface area contributed by atoms with Crippen LogP contribution < -0.4 is 10.0 Å². The van der Waals surface area contributed by atoms with Gasteiger partial charge in [-0.25, -0.2) is 13.1 Å². The lowest BCUT2D eigenvalue weighted by Gasteiger charge is -2.30. The lowest BCUT2D eigenvalue weighted by Crippen LogP contribution is -2.42. The van der Waals surface area contributed by atoms with Crippen molar-refractivity contribution in [1.82, 2.24) is 14.1 Å². The Morgan fingerprint density at radius 2 is 1.76 bits per heavy atom. The SMILES string of the molecule is CC(C)(C)S(=O)(=O)NCC1CCC(Nc2nc(C(F)(F)F)ns2)CC1. The smallest absolute Gasteiger partial charge is 0.358 e. The molecular weight excluding hydrogens is 377 g/mol. The Morgan fingerprint density at radius 3 is 2.24 bits per heavy atom. The number of alkyl halides is 3. The first-order valence-corrected chi connectivity index (χ1v) is 10.3. The summed E-state index contributed by atoms with van der Waals surface area (Å²) in [6, 6.07) is 0.0320. The zero-order valence-electron chi connectivity index (χ0n) is 14.4. The average molecular weight is 400 g/mol. The van der Waals surface area contributed by atoms with Gasteiger partial charge in [0, 0.05) is 24.1 Å². The highest BCUT2D eigenvalue weighted by Gasteiger charge is 2.36. The third-order valence-corrected chi connectivity index (χ3v) is 7.03. The summed E-state index contributed by atoms with van der Waals surface area (Å²) in [6.07, 6.45) is -1.42. The summed E-state index contributed by atoms with van der Waals surface area (Å²) in [7, 11) is -3.36. The summed E-state index contributed by atoms with van der Waals surface area (Å²) >= 11 is 0.703. The summed E-state index contributed by atoms with van der Waals surface area (Å²) in [4.78, 5) is 3.47. The number of halogens is 3. The molecule has 11 heteroatoms. The zero-order chi connectivity index (χ0) is 18.9. The summed E-state index contributed by atoms with van der Waals surface area (Å²) < 4.78 is 66.7. The Bertz CT molecular complexity index is 675. The van der Waals surface area contributed by atoms with Crippen molar-refractivity contribution in [3.63, 3.8) is 0 Å². The third-order valence-electron chi connectivity index (χ3n) is 4.22. The van der Waals surface area contributed by atoms with Crippen molar-refractivity contribution in [2.45, 2.75) is 63.4 Å². The largest absolute Gasteiger partial charge is 0.452 e. The lowest BCUT2D eigenvalue weighted by molar-refractivity contribution is -0.144. The van der Waals surface area contributed by atoms with Crippen LogP contribution in [-0.2, 0) is 16.2 Å². The second kappa shape index (κ2) is 7.36. The van der Waals surface area contributed by atoms with Crippen LogP contribution in [0.1, 0.15) is 52.3 Å². The van der Waals surface area contributed by atoms with Crippen LogP contribution in [-0.4, -0.2) is 35.1 Å². The van der Waals surface area contributed by atoms with Gasteiger partial charge in [-0.15, -0.1) is 0 Å². The predicted octanol–water partition coefficient (Wildman–Crippen LogP) is 3.25. The van der Waals surface area contributed by atoms with Gasteiger partial charge in [-0.05, 0) is 52.4 Å². The van der Waals surface area contributed by atoms with E-state index < -0.39 is 26.8 Å². The van der Waals surface area contributed by atoms with Gasteiger partial charge in [0.25, 0.3) is 0 Å². The van der Waals surface area contributed by atoms with Crippen LogP contribution in [0.5, 0.6) is 0 Å². The molecule has 0 spiro atoms. The number of hydrogen-bond acceptors (Lipinski definition) is 6. The van der Waals surface area contributed by atoms with Gasteiger partial charge >= 0.3 is 6.18 Å². The molecule has 0 unspecified atom stereocenters. The Kier molecular flexibility index (Phi) is 5.99. The maximum absolute atomic E-state index is 12.5. The molecule has 1 fully saturated rings. The second-order valence-corrected chi connectivity index (χ2v) is 10.5. The number of hydrogen-bond donors (Lipinski definition) is 2. The van der Waals surface area contributed by atoms with E-state index in [4.69, 9.17) is 0 Å². The average Bonchev–Trinajstić information content (AvgIpc) is 2.94. The molecule has 1 aromatic heterocycles. The van der Waals surface area contributed by atoms with Crippen molar-refractivity contribution in [2.24, 2.45) is 5.92 Å². The number of nitrogens with zero attached hydrogens (tertiary/aromatic N) is 2. The predicted molar refractivity (Wildman–Crippen MR) is 91.0 cm³/mol. The summed E-state index contributed by atoms with van der Waals surface area (Å²) in [6.45, 7) is 5.33. The summed E-state index contributed by atoms with van der Waals surface area (Å²) in [5, 5.41) is 3.17. The van der Waals surface area contributed by atoms with Crippen LogP contribution in [0.2, 0.25) is 0 Å². The highest BCUT2D eigenvalue weighted by atomic mass is 32.2. The van der Waals surface area contributed by atoms with Gasteiger partial charge in [-0.3, -0.25) is 0 Å². The fourth-order valence-corrected chi connectivity index (χ4v) is 4.08. The minimum Gasteiger partial charge on any atom is -0.358 e. The number of rotatable bonds is 5. The quantitative estimate of drug-likeness (QED) is 0.793. The number of sulfonamides is 1. The Balaban J connectivity index is 1.79. The molecule has 1 aliphatic carbocycles. The minimum atomic E-state index is -4.53. The number of aromatic nitrogens is 2. The van der Waals surface area contributed by atoms with E-state index in [1.54, 1.807) is 20.8 Å². The second-order valence-electron chi connectivity index (χ2n) is 7.25. The Morgan fingerprint density at radius 1 is 1.16 bits per heavy atom. The molecule has 1 heterocycles. The van der Waals surface area contributed by atoms with Gasteiger partial charge in [-0.2, -0.15) is 22.5 Å². The highest BCUT2D eigenvalue weighted by molar-refractivity contribution is 7.90. The molecule has 0 aliphatic heterocycles. The van der Waals surface area contributed by atoms with Crippen molar-refractivity contribution < 1.29 is 21.6 Å². The van der Waals surface area contributed by atoms with E-state index in [2.05, 4.69) is 19.4 Å². The van der Waals surface area contributed by atoms with Crippen molar-refractivity contribution in [1.29, 1.82) is 0 Å². The molecule has 0 bridgehead atoms. The Hall–Kier alpha value is -0.940. The van der Waals surface area contributed by atoms with Crippen molar-refractivity contribution in [2.75, 3.05) is 11.9 Å². The van der Waals surface area contributed by atoms with Gasteiger partial charge in [0.05, 0.1) is 4.75 Å². The molecule has 2 rings (SSSR count). The topological polar surface area (TPSA) is 84.0 Å². The van der Waals surface area contributed by atoms with Crippen LogP contribution in [0.15, 0.2) is 0 Å². The molecule has 2 N–H and O–H groups in total. The van der Waals surface area contributed by atoms with Crippen molar-refractivity contribution in [3.8, 4) is 0 Å². The van der Waals surface area contributed by atoms with Crippen LogP contribution in [0.3, 0.4) is 0 Å². The maximum Gasteiger partial charge on any atom is 0.452 e.